The number of hydrogen-bond donors (Lipinski definition) is 2. The number of halogens is 2. The molecule has 0 saturated heterocycles. The summed E-state index contributed by atoms with van der Waals surface area (Å²) < 4.78 is 5.41. The summed E-state index contributed by atoms with van der Waals surface area (Å²) in [6, 6.07) is 14.2. The van der Waals surface area contributed by atoms with Crippen LogP contribution < -0.4 is 20.7 Å². The van der Waals surface area contributed by atoms with Crippen molar-refractivity contribution in [1.82, 2.24) is 4.98 Å². The van der Waals surface area contributed by atoms with Gasteiger partial charge in [-0.25, -0.2) is 9.98 Å². The predicted octanol–water partition coefficient (Wildman–Crippen LogP) is 4.46. The van der Waals surface area contributed by atoms with Crippen molar-refractivity contribution in [2.24, 2.45) is 10.7 Å². The average molecular weight is 442 g/mol. The number of fused-ring (bicyclic) bond motifs is 1. The quantitative estimate of drug-likeness (QED) is 0.622. The Bertz CT molecular complexity index is 1150. The van der Waals surface area contributed by atoms with Crippen LogP contribution in [0.25, 0.3) is 0 Å². The van der Waals surface area contributed by atoms with Crippen LogP contribution in [0.15, 0.2) is 59.7 Å². The van der Waals surface area contributed by atoms with Gasteiger partial charge in [-0.3, -0.25) is 4.79 Å². The standard InChI is InChI=1S/C21H17Cl2N5O2/c1-30-15-10-13(21(29)27-16-8-4-5-9-25-16)17(22)19(18(15)23)28-11-26-20(24)12-6-2-3-7-14(12)28/h2-10H,11H2,1H3,(H2,24,26)(H,25,27,29). The number of benzene rings is 2. The fourth-order valence-electron chi connectivity index (χ4n) is 3.19. The van der Waals surface area contributed by atoms with Gasteiger partial charge in [-0.15, -0.1) is 0 Å². The molecule has 2 heterocycles. The van der Waals surface area contributed by atoms with E-state index in [1.54, 1.807) is 29.3 Å². The van der Waals surface area contributed by atoms with Crippen LogP contribution >= 0.6 is 23.2 Å². The molecule has 152 valence electrons. The van der Waals surface area contributed by atoms with Gasteiger partial charge < -0.3 is 20.7 Å². The van der Waals surface area contributed by atoms with Gasteiger partial charge in [0.2, 0.25) is 0 Å². The first-order valence-corrected chi connectivity index (χ1v) is 9.72. The smallest absolute Gasteiger partial charge is 0.258 e. The Morgan fingerprint density at radius 1 is 1.17 bits per heavy atom. The number of pyridine rings is 1. The van der Waals surface area contributed by atoms with Gasteiger partial charge in [0.15, 0.2) is 0 Å². The number of nitrogens with zero attached hydrogens (tertiary/aromatic N) is 3. The highest BCUT2D eigenvalue weighted by Crippen LogP contribution is 2.46. The second-order valence-corrected chi connectivity index (χ2v) is 7.16. The monoisotopic (exact) mass is 441 g/mol. The van der Waals surface area contributed by atoms with Gasteiger partial charge in [0.1, 0.15) is 29.1 Å². The van der Waals surface area contributed by atoms with E-state index in [9.17, 15) is 4.79 Å². The van der Waals surface area contributed by atoms with E-state index in [-0.39, 0.29) is 22.3 Å². The zero-order valence-corrected chi connectivity index (χ0v) is 17.4. The van der Waals surface area contributed by atoms with Gasteiger partial charge in [0.05, 0.1) is 29.1 Å². The van der Waals surface area contributed by atoms with Crippen LogP contribution in [0.1, 0.15) is 15.9 Å². The number of amides is 1. The first-order valence-electron chi connectivity index (χ1n) is 8.96. The largest absolute Gasteiger partial charge is 0.495 e. The van der Waals surface area contributed by atoms with Crippen LogP contribution in [0, 0.1) is 0 Å². The molecule has 3 N–H and O–H groups in total. The highest BCUT2D eigenvalue weighted by atomic mass is 35.5. The normalized spacial score (nSPS) is 12.8. The molecule has 1 aromatic heterocycles. The van der Waals surface area contributed by atoms with Crippen molar-refractivity contribution in [1.29, 1.82) is 0 Å². The second-order valence-electron chi connectivity index (χ2n) is 6.40. The van der Waals surface area contributed by atoms with Crippen LogP contribution in [0.2, 0.25) is 10.0 Å². The fourth-order valence-corrected chi connectivity index (χ4v) is 3.91. The molecule has 0 bridgehead atoms. The number of amidine groups is 1. The molecule has 30 heavy (non-hydrogen) atoms. The third kappa shape index (κ3) is 3.53. The molecule has 3 aromatic rings. The number of para-hydroxylation sites is 1. The van der Waals surface area contributed by atoms with Crippen LogP contribution in [0.3, 0.4) is 0 Å². The number of aliphatic imine (C=N–C) groups is 1. The molecule has 4 rings (SSSR count). The molecule has 0 saturated carbocycles. The number of hydrogen-bond acceptors (Lipinski definition) is 6. The van der Waals surface area contributed by atoms with Crippen LogP contribution in [-0.2, 0) is 0 Å². The molecule has 2 aromatic carbocycles. The average Bonchev–Trinajstić information content (AvgIpc) is 2.76. The summed E-state index contributed by atoms with van der Waals surface area (Å²) in [5.41, 5.74) is 8.17. The van der Waals surface area contributed by atoms with Crippen LogP contribution in [-0.4, -0.2) is 30.5 Å². The topological polar surface area (TPSA) is 92.8 Å². The zero-order chi connectivity index (χ0) is 21.3. The van der Waals surface area contributed by atoms with E-state index in [1.807, 2.05) is 24.3 Å². The number of carbonyl (C=O) groups is 1. The first-order chi connectivity index (χ1) is 14.5. The number of methoxy groups -OCH3 is 1. The molecule has 1 amide bonds. The first kappa shape index (κ1) is 20.0. The molecule has 0 atom stereocenters. The van der Waals surface area contributed by atoms with Crippen molar-refractivity contribution >= 4 is 52.1 Å². The SMILES string of the molecule is COc1cc(C(=O)Nc2ccccn2)c(Cl)c(N2CN=C(N)c3ccccc32)c1Cl. The van der Waals surface area contributed by atoms with E-state index >= 15 is 0 Å². The molecule has 1 aliphatic heterocycles. The highest BCUT2D eigenvalue weighted by molar-refractivity contribution is 6.42. The van der Waals surface area contributed by atoms with E-state index in [1.165, 1.54) is 13.2 Å². The van der Waals surface area contributed by atoms with Gasteiger partial charge in [0.25, 0.3) is 5.91 Å². The Hall–Kier alpha value is -3.29. The Morgan fingerprint density at radius 3 is 2.67 bits per heavy atom. The number of ether oxygens (including phenoxy) is 1. The Balaban J connectivity index is 1.83. The molecule has 7 nitrogen and oxygen atoms in total. The van der Waals surface area contributed by atoms with Gasteiger partial charge in [-0.1, -0.05) is 41.4 Å². The van der Waals surface area contributed by atoms with Crippen molar-refractivity contribution in [3.8, 4) is 5.75 Å². The lowest BCUT2D eigenvalue weighted by molar-refractivity contribution is 0.102. The van der Waals surface area contributed by atoms with E-state index in [2.05, 4.69) is 15.3 Å². The fraction of sp³-hybridized carbons (Fsp3) is 0.0952. The highest BCUT2D eigenvalue weighted by Gasteiger charge is 2.28. The lowest BCUT2D eigenvalue weighted by Crippen LogP contribution is -2.30. The number of rotatable bonds is 4. The minimum Gasteiger partial charge on any atom is -0.495 e. The molecule has 0 unspecified atom stereocenters. The number of anilines is 3. The molecule has 0 radical (unpaired) electrons. The van der Waals surface area contributed by atoms with Crippen LogP contribution in [0.4, 0.5) is 17.2 Å². The van der Waals surface area contributed by atoms with E-state index < -0.39 is 5.91 Å². The molecule has 0 spiro atoms. The summed E-state index contributed by atoms with van der Waals surface area (Å²) in [5, 5.41) is 3.16. The maximum Gasteiger partial charge on any atom is 0.258 e. The van der Waals surface area contributed by atoms with Gasteiger partial charge in [0, 0.05) is 11.8 Å². The van der Waals surface area contributed by atoms with Crippen molar-refractivity contribution in [3.63, 3.8) is 0 Å². The minimum absolute atomic E-state index is 0.166. The lowest BCUT2D eigenvalue weighted by Gasteiger charge is -2.31. The van der Waals surface area contributed by atoms with Gasteiger partial charge in [-0.2, -0.15) is 0 Å². The summed E-state index contributed by atoms with van der Waals surface area (Å²) in [4.78, 5) is 23.2. The summed E-state index contributed by atoms with van der Waals surface area (Å²) in [5.74, 6) is 0.685. The Morgan fingerprint density at radius 2 is 1.93 bits per heavy atom. The zero-order valence-electron chi connectivity index (χ0n) is 15.9. The maximum atomic E-state index is 12.9. The Labute approximate surface area is 183 Å². The van der Waals surface area contributed by atoms with Crippen LogP contribution in [0.5, 0.6) is 5.75 Å². The summed E-state index contributed by atoms with van der Waals surface area (Å²) >= 11 is 13.3. The molecular weight excluding hydrogens is 425 g/mol. The van der Waals surface area contributed by atoms with E-state index in [4.69, 9.17) is 33.7 Å². The lowest BCUT2D eigenvalue weighted by atomic mass is 10.1. The molecule has 0 aliphatic carbocycles. The number of nitrogens with one attached hydrogen (secondary N) is 1. The molecule has 9 heteroatoms. The summed E-state index contributed by atoms with van der Waals surface area (Å²) in [6.07, 6.45) is 1.58. The number of nitrogens with two attached hydrogens (primary N) is 1. The number of carbonyl (C=O) groups excluding carboxylic acids is 1. The maximum absolute atomic E-state index is 12.9. The molecular formula is C21H17Cl2N5O2. The predicted molar refractivity (Wildman–Crippen MR) is 119 cm³/mol. The second kappa shape index (κ2) is 8.22. The van der Waals surface area contributed by atoms with Gasteiger partial charge >= 0.3 is 0 Å². The minimum atomic E-state index is -0.441. The van der Waals surface area contributed by atoms with Crippen molar-refractivity contribution in [3.05, 3.63) is 75.9 Å². The Kier molecular flexibility index (Phi) is 5.48. The van der Waals surface area contributed by atoms with Crippen molar-refractivity contribution in [2.45, 2.75) is 0 Å². The number of aromatic nitrogens is 1. The summed E-state index contributed by atoms with van der Waals surface area (Å²) in [6.45, 7) is 0.191. The van der Waals surface area contributed by atoms with Crippen molar-refractivity contribution in [2.75, 3.05) is 24.0 Å². The van der Waals surface area contributed by atoms with Gasteiger partial charge in [-0.05, 0) is 30.3 Å². The van der Waals surface area contributed by atoms with Crippen molar-refractivity contribution < 1.29 is 9.53 Å². The van der Waals surface area contributed by atoms with E-state index in [0.717, 1.165) is 11.3 Å². The third-order valence-corrected chi connectivity index (χ3v) is 5.39. The summed E-state index contributed by atoms with van der Waals surface area (Å²) in [7, 11) is 1.47. The molecule has 0 fully saturated rings. The molecule has 1 aliphatic rings. The van der Waals surface area contributed by atoms with E-state index in [0.29, 0.717) is 23.1 Å². The third-order valence-electron chi connectivity index (χ3n) is 4.64.